The van der Waals surface area contributed by atoms with Crippen LogP contribution in [0, 0.1) is 0 Å². The van der Waals surface area contributed by atoms with E-state index in [0.717, 1.165) is 18.0 Å². The molecule has 2 rings (SSSR count). The molecule has 1 aromatic rings. The van der Waals surface area contributed by atoms with Crippen LogP contribution in [-0.2, 0) is 10.2 Å². The van der Waals surface area contributed by atoms with Crippen molar-refractivity contribution in [3.8, 4) is 11.5 Å². The maximum Gasteiger partial charge on any atom is 0.231 e. The highest BCUT2D eigenvalue weighted by Crippen LogP contribution is 2.36. The molecule has 0 bridgehead atoms. The third kappa shape index (κ3) is 2.70. The Kier molecular flexibility index (Phi) is 3.54. The molecule has 1 N–H and O–H groups in total. The summed E-state index contributed by atoms with van der Waals surface area (Å²) in [6.45, 7) is 6.11. The molecule has 0 amide bonds. The Morgan fingerprint density at radius 1 is 1.29 bits per heavy atom. The minimum absolute atomic E-state index is 0.0273. The normalized spacial score (nSPS) is 14.1. The molecule has 0 fully saturated rings. The summed E-state index contributed by atoms with van der Waals surface area (Å²) in [7, 11) is 1.68. The number of hydrogen-bond donors (Lipinski definition) is 1. The Labute approximate surface area is 102 Å². The monoisotopic (exact) mass is 237 g/mol. The smallest absolute Gasteiger partial charge is 0.231 e. The third-order valence-corrected chi connectivity index (χ3v) is 2.97. The summed E-state index contributed by atoms with van der Waals surface area (Å²) in [4.78, 5) is 0. The highest BCUT2D eigenvalue weighted by atomic mass is 16.7. The van der Waals surface area contributed by atoms with E-state index in [-0.39, 0.29) is 5.41 Å². The number of rotatable bonds is 5. The molecule has 0 spiro atoms. The number of methoxy groups -OCH3 is 1. The van der Waals surface area contributed by atoms with E-state index in [2.05, 4.69) is 31.3 Å². The first-order chi connectivity index (χ1) is 8.13. The largest absolute Gasteiger partial charge is 0.454 e. The van der Waals surface area contributed by atoms with Crippen molar-refractivity contribution >= 4 is 0 Å². The summed E-state index contributed by atoms with van der Waals surface area (Å²) < 4.78 is 15.7. The zero-order chi connectivity index (χ0) is 12.3. The van der Waals surface area contributed by atoms with Crippen LogP contribution in [0.2, 0.25) is 0 Å². The third-order valence-electron chi connectivity index (χ3n) is 2.97. The SMILES string of the molecule is COCNCC(C)(C)c1ccc2c(c1)OCO2. The van der Waals surface area contributed by atoms with Crippen LogP contribution in [0.25, 0.3) is 0 Å². The van der Waals surface area contributed by atoms with Crippen LogP contribution in [0.15, 0.2) is 18.2 Å². The highest BCUT2D eigenvalue weighted by Gasteiger charge is 2.23. The number of benzene rings is 1. The molecule has 94 valence electrons. The first kappa shape index (κ1) is 12.2. The Morgan fingerprint density at radius 3 is 2.82 bits per heavy atom. The highest BCUT2D eigenvalue weighted by molar-refractivity contribution is 5.46. The van der Waals surface area contributed by atoms with E-state index in [9.17, 15) is 0 Å². The summed E-state index contributed by atoms with van der Waals surface area (Å²) >= 11 is 0. The minimum atomic E-state index is 0.0273. The summed E-state index contributed by atoms with van der Waals surface area (Å²) in [6, 6.07) is 6.11. The van der Waals surface area contributed by atoms with Gasteiger partial charge in [0.15, 0.2) is 11.5 Å². The predicted molar refractivity (Wildman–Crippen MR) is 65.5 cm³/mol. The minimum Gasteiger partial charge on any atom is -0.454 e. The zero-order valence-corrected chi connectivity index (χ0v) is 10.6. The molecule has 0 aliphatic carbocycles. The van der Waals surface area contributed by atoms with Crippen molar-refractivity contribution in [2.45, 2.75) is 19.3 Å². The van der Waals surface area contributed by atoms with Gasteiger partial charge in [-0.3, -0.25) is 5.32 Å². The van der Waals surface area contributed by atoms with Gasteiger partial charge in [-0.15, -0.1) is 0 Å². The van der Waals surface area contributed by atoms with Crippen molar-refractivity contribution in [3.05, 3.63) is 23.8 Å². The van der Waals surface area contributed by atoms with Gasteiger partial charge < -0.3 is 14.2 Å². The molecule has 0 radical (unpaired) electrons. The summed E-state index contributed by atoms with van der Waals surface area (Å²) in [5.74, 6) is 1.66. The van der Waals surface area contributed by atoms with Gasteiger partial charge in [-0.25, -0.2) is 0 Å². The van der Waals surface area contributed by atoms with Crippen LogP contribution in [0.1, 0.15) is 19.4 Å². The van der Waals surface area contributed by atoms with Crippen molar-refractivity contribution in [2.24, 2.45) is 0 Å². The van der Waals surface area contributed by atoms with Crippen LogP contribution >= 0.6 is 0 Å². The molecule has 1 heterocycles. The standard InChI is InChI=1S/C13H19NO3/c1-13(2,7-14-8-15-3)10-4-5-11-12(6-10)17-9-16-11/h4-6,14H,7-9H2,1-3H3. The molecule has 0 atom stereocenters. The number of ether oxygens (including phenoxy) is 3. The Balaban J connectivity index is 2.10. The van der Waals surface area contributed by atoms with Gasteiger partial charge >= 0.3 is 0 Å². The molecule has 0 saturated heterocycles. The van der Waals surface area contributed by atoms with E-state index >= 15 is 0 Å². The van der Waals surface area contributed by atoms with E-state index in [1.165, 1.54) is 5.56 Å². The number of hydrogen-bond acceptors (Lipinski definition) is 4. The Hall–Kier alpha value is -1.26. The number of fused-ring (bicyclic) bond motifs is 1. The Bertz CT molecular complexity index is 390. The quantitative estimate of drug-likeness (QED) is 0.627. The van der Waals surface area contributed by atoms with Gasteiger partial charge in [0.05, 0.1) is 6.73 Å². The molecule has 4 nitrogen and oxygen atoms in total. The zero-order valence-electron chi connectivity index (χ0n) is 10.6. The van der Waals surface area contributed by atoms with Crippen molar-refractivity contribution in [2.75, 3.05) is 27.2 Å². The van der Waals surface area contributed by atoms with Crippen molar-refractivity contribution in [1.82, 2.24) is 5.32 Å². The molecule has 1 aromatic carbocycles. The molecule has 0 aromatic heterocycles. The van der Waals surface area contributed by atoms with Crippen molar-refractivity contribution < 1.29 is 14.2 Å². The summed E-state index contributed by atoms with van der Waals surface area (Å²) in [6.07, 6.45) is 0. The summed E-state index contributed by atoms with van der Waals surface area (Å²) in [5, 5.41) is 3.25. The second-order valence-electron chi connectivity index (χ2n) is 4.81. The van der Waals surface area contributed by atoms with Gasteiger partial charge in [0, 0.05) is 19.1 Å². The van der Waals surface area contributed by atoms with Crippen LogP contribution in [0.5, 0.6) is 11.5 Å². The molecule has 0 saturated carbocycles. The van der Waals surface area contributed by atoms with E-state index in [4.69, 9.17) is 14.2 Å². The van der Waals surface area contributed by atoms with Crippen LogP contribution in [0.4, 0.5) is 0 Å². The fraction of sp³-hybridized carbons (Fsp3) is 0.538. The van der Waals surface area contributed by atoms with Crippen LogP contribution < -0.4 is 14.8 Å². The molecule has 4 heteroatoms. The first-order valence-electron chi connectivity index (χ1n) is 5.73. The fourth-order valence-corrected chi connectivity index (χ4v) is 1.89. The van der Waals surface area contributed by atoms with E-state index in [1.807, 2.05) is 6.07 Å². The fourth-order valence-electron chi connectivity index (χ4n) is 1.89. The van der Waals surface area contributed by atoms with Gasteiger partial charge in [0.2, 0.25) is 6.79 Å². The second kappa shape index (κ2) is 4.94. The van der Waals surface area contributed by atoms with Gasteiger partial charge in [-0.1, -0.05) is 19.9 Å². The molecule has 1 aliphatic rings. The van der Waals surface area contributed by atoms with E-state index < -0.39 is 0 Å². The predicted octanol–water partition coefficient (Wildman–Crippen LogP) is 1.89. The maximum absolute atomic E-state index is 5.39. The molecule has 0 unspecified atom stereocenters. The summed E-state index contributed by atoms with van der Waals surface area (Å²) in [5.41, 5.74) is 1.25. The lowest BCUT2D eigenvalue weighted by atomic mass is 9.84. The average molecular weight is 237 g/mol. The second-order valence-corrected chi connectivity index (χ2v) is 4.81. The lowest BCUT2D eigenvalue weighted by Crippen LogP contribution is -2.33. The molecular formula is C13H19NO3. The van der Waals surface area contributed by atoms with Gasteiger partial charge in [-0.05, 0) is 17.7 Å². The van der Waals surface area contributed by atoms with Crippen molar-refractivity contribution in [3.63, 3.8) is 0 Å². The molecule has 1 aliphatic heterocycles. The van der Waals surface area contributed by atoms with E-state index in [0.29, 0.717) is 13.5 Å². The van der Waals surface area contributed by atoms with Gasteiger partial charge in [-0.2, -0.15) is 0 Å². The Morgan fingerprint density at radius 2 is 2.06 bits per heavy atom. The maximum atomic E-state index is 5.39. The lowest BCUT2D eigenvalue weighted by Gasteiger charge is -2.25. The molecule has 17 heavy (non-hydrogen) atoms. The van der Waals surface area contributed by atoms with Crippen LogP contribution in [-0.4, -0.2) is 27.2 Å². The lowest BCUT2D eigenvalue weighted by molar-refractivity contribution is 0.169. The molecular weight excluding hydrogens is 218 g/mol. The van der Waals surface area contributed by atoms with E-state index in [1.54, 1.807) is 7.11 Å². The topological polar surface area (TPSA) is 39.7 Å². The average Bonchev–Trinajstić information content (AvgIpc) is 2.76. The van der Waals surface area contributed by atoms with Gasteiger partial charge in [0.25, 0.3) is 0 Å². The van der Waals surface area contributed by atoms with Crippen LogP contribution in [0.3, 0.4) is 0 Å². The first-order valence-corrected chi connectivity index (χ1v) is 5.73. The van der Waals surface area contributed by atoms with Crippen molar-refractivity contribution in [1.29, 1.82) is 0 Å². The number of nitrogens with one attached hydrogen (secondary N) is 1. The van der Waals surface area contributed by atoms with Gasteiger partial charge in [0.1, 0.15) is 0 Å².